The smallest absolute Gasteiger partial charge is 0.261 e. The first-order valence-electron chi connectivity index (χ1n) is 7.90. The van der Waals surface area contributed by atoms with Crippen molar-refractivity contribution >= 4 is 27.3 Å². The zero-order valence-electron chi connectivity index (χ0n) is 13.9. The van der Waals surface area contributed by atoms with Crippen LogP contribution in [0, 0.1) is 6.92 Å². The van der Waals surface area contributed by atoms with Crippen LogP contribution in [0.5, 0.6) is 0 Å². The van der Waals surface area contributed by atoms with Gasteiger partial charge in [-0.25, -0.2) is 8.42 Å². The lowest BCUT2D eigenvalue weighted by atomic mass is 10.2. The van der Waals surface area contributed by atoms with Gasteiger partial charge >= 0.3 is 0 Å². The third kappa shape index (κ3) is 5.09. The third-order valence-electron chi connectivity index (χ3n) is 3.49. The Morgan fingerprint density at radius 3 is 2.38 bits per heavy atom. The molecular weight excluding hydrogens is 324 g/mol. The predicted molar refractivity (Wildman–Crippen MR) is 96.6 cm³/mol. The van der Waals surface area contributed by atoms with E-state index >= 15 is 0 Å². The molecule has 1 amide bonds. The maximum Gasteiger partial charge on any atom is 0.261 e. The Kier molecular flexibility index (Phi) is 5.98. The van der Waals surface area contributed by atoms with Crippen molar-refractivity contribution in [3.05, 3.63) is 54.1 Å². The zero-order valence-corrected chi connectivity index (χ0v) is 14.7. The van der Waals surface area contributed by atoms with E-state index in [-0.39, 0.29) is 10.8 Å². The summed E-state index contributed by atoms with van der Waals surface area (Å²) in [5, 5.41) is 2.78. The molecule has 2 N–H and O–H groups in total. The molecule has 0 bridgehead atoms. The van der Waals surface area contributed by atoms with Crippen LogP contribution >= 0.6 is 0 Å². The van der Waals surface area contributed by atoms with Crippen molar-refractivity contribution in [2.24, 2.45) is 0 Å². The summed E-state index contributed by atoms with van der Waals surface area (Å²) in [5.41, 5.74) is 1.97. The van der Waals surface area contributed by atoms with Crippen LogP contribution in [-0.2, 0) is 14.8 Å². The fraction of sp³-hybridized carbons (Fsp3) is 0.278. The molecule has 128 valence electrons. The molecule has 0 spiro atoms. The molecule has 0 aliphatic heterocycles. The lowest BCUT2D eigenvalue weighted by molar-refractivity contribution is -0.116. The van der Waals surface area contributed by atoms with Gasteiger partial charge < -0.3 is 5.32 Å². The number of amides is 1. The van der Waals surface area contributed by atoms with Crippen LogP contribution in [0.2, 0.25) is 0 Å². The van der Waals surface area contributed by atoms with Gasteiger partial charge in [0.1, 0.15) is 0 Å². The van der Waals surface area contributed by atoms with E-state index in [0.29, 0.717) is 17.8 Å². The molecule has 0 radical (unpaired) electrons. The van der Waals surface area contributed by atoms with Gasteiger partial charge in [0.25, 0.3) is 10.0 Å². The van der Waals surface area contributed by atoms with Crippen molar-refractivity contribution < 1.29 is 13.2 Å². The van der Waals surface area contributed by atoms with Crippen molar-refractivity contribution in [2.45, 2.75) is 38.0 Å². The Morgan fingerprint density at radius 1 is 1.04 bits per heavy atom. The highest BCUT2D eigenvalue weighted by Gasteiger charge is 2.14. The van der Waals surface area contributed by atoms with Crippen LogP contribution in [0.4, 0.5) is 11.4 Å². The Hall–Kier alpha value is -2.34. The number of rotatable bonds is 7. The highest BCUT2D eigenvalue weighted by Crippen LogP contribution is 2.20. The van der Waals surface area contributed by atoms with Crippen molar-refractivity contribution in [3.63, 3.8) is 0 Å². The molecule has 6 heteroatoms. The average molecular weight is 346 g/mol. The Labute approximate surface area is 143 Å². The number of hydrogen-bond donors (Lipinski definition) is 2. The van der Waals surface area contributed by atoms with Gasteiger partial charge in [0, 0.05) is 12.1 Å². The summed E-state index contributed by atoms with van der Waals surface area (Å²) in [6, 6.07) is 13.3. The summed E-state index contributed by atoms with van der Waals surface area (Å²) in [6.45, 7) is 3.92. The molecule has 0 aliphatic rings. The average Bonchev–Trinajstić information content (AvgIpc) is 2.53. The topological polar surface area (TPSA) is 75.3 Å². The predicted octanol–water partition coefficient (Wildman–Crippen LogP) is 3.92. The normalized spacial score (nSPS) is 11.1. The number of carbonyl (C=O) groups is 1. The van der Waals surface area contributed by atoms with E-state index < -0.39 is 10.0 Å². The lowest BCUT2D eigenvalue weighted by Crippen LogP contribution is -2.14. The fourth-order valence-electron chi connectivity index (χ4n) is 2.15. The number of sulfonamides is 1. The number of carbonyl (C=O) groups excluding carboxylic acids is 1. The molecule has 0 saturated carbocycles. The van der Waals surface area contributed by atoms with Gasteiger partial charge in [0.15, 0.2) is 0 Å². The van der Waals surface area contributed by atoms with Crippen LogP contribution in [0.15, 0.2) is 53.4 Å². The Bertz CT molecular complexity index is 799. The molecule has 24 heavy (non-hydrogen) atoms. The monoisotopic (exact) mass is 346 g/mol. The minimum atomic E-state index is -3.65. The van der Waals surface area contributed by atoms with Crippen LogP contribution in [0.25, 0.3) is 0 Å². The van der Waals surface area contributed by atoms with E-state index in [1.807, 2.05) is 13.8 Å². The van der Waals surface area contributed by atoms with Crippen LogP contribution < -0.4 is 10.0 Å². The van der Waals surface area contributed by atoms with Gasteiger partial charge in [0.05, 0.1) is 10.6 Å². The fourth-order valence-corrected chi connectivity index (χ4v) is 3.20. The van der Waals surface area contributed by atoms with Crippen molar-refractivity contribution in [1.82, 2.24) is 0 Å². The lowest BCUT2D eigenvalue weighted by Gasteiger charge is -2.10. The van der Waals surface area contributed by atoms with Crippen LogP contribution in [0.3, 0.4) is 0 Å². The van der Waals surface area contributed by atoms with Crippen molar-refractivity contribution in [1.29, 1.82) is 0 Å². The standard InChI is InChI=1S/C18H22N2O3S/c1-3-4-8-18(21)19-15-6-5-7-16(13-15)20-24(22,23)17-11-9-14(2)10-12-17/h5-7,9-13,20H,3-4,8H2,1-2H3,(H,19,21). The quantitative estimate of drug-likeness (QED) is 0.798. The zero-order chi connectivity index (χ0) is 17.6. The summed E-state index contributed by atoms with van der Waals surface area (Å²) in [4.78, 5) is 12.0. The van der Waals surface area contributed by atoms with Gasteiger partial charge in [-0.05, 0) is 43.7 Å². The molecule has 2 rings (SSSR count). The molecular formula is C18H22N2O3S. The number of aryl methyl sites for hydroxylation is 1. The summed E-state index contributed by atoms with van der Waals surface area (Å²) < 4.78 is 27.3. The second-order valence-electron chi connectivity index (χ2n) is 5.65. The SMILES string of the molecule is CCCCC(=O)Nc1cccc(NS(=O)(=O)c2ccc(C)cc2)c1. The minimum Gasteiger partial charge on any atom is -0.326 e. The number of unbranched alkanes of at least 4 members (excludes halogenated alkanes) is 1. The van der Waals surface area contributed by atoms with E-state index in [1.165, 1.54) is 0 Å². The summed E-state index contributed by atoms with van der Waals surface area (Å²) in [5.74, 6) is -0.0737. The highest BCUT2D eigenvalue weighted by atomic mass is 32.2. The van der Waals surface area contributed by atoms with Crippen molar-refractivity contribution in [2.75, 3.05) is 10.0 Å². The van der Waals surface area contributed by atoms with Gasteiger partial charge in [0.2, 0.25) is 5.91 Å². The number of benzene rings is 2. The van der Waals surface area contributed by atoms with Gasteiger partial charge in [-0.3, -0.25) is 9.52 Å². The van der Waals surface area contributed by atoms with Crippen LogP contribution in [0.1, 0.15) is 31.7 Å². The Morgan fingerprint density at radius 2 is 1.71 bits per heavy atom. The number of nitrogens with one attached hydrogen (secondary N) is 2. The second kappa shape index (κ2) is 7.97. The number of hydrogen-bond acceptors (Lipinski definition) is 3. The molecule has 0 saturated heterocycles. The van der Waals surface area contributed by atoms with Crippen molar-refractivity contribution in [3.8, 4) is 0 Å². The maximum absolute atomic E-state index is 12.4. The molecule has 2 aromatic rings. The molecule has 0 aliphatic carbocycles. The first-order chi connectivity index (χ1) is 11.4. The molecule has 5 nitrogen and oxygen atoms in total. The highest BCUT2D eigenvalue weighted by molar-refractivity contribution is 7.92. The Balaban J connectivity index is 2.11. The molecule has 2 aromatic carbocycles. The van der Waals surface area contributed by atoms with Gasteiger partial charge in [-0.15, -0.1) is 0 Å². The second-order valence-corrected chi connectivity index (χ2v) is 7.33. The maximum atomic E-state index is 12.4. The van der Waals surface area contributed by atoms with Gasteiger partial charge in [-0.2, -0.15) is 0 Å². The largest absolute Gasteiger partial charge is 0.326 e. The third-order valence-corrected chi connectivity index (χ3v) is 4.88. The van der Waals surface area contributed by atoms with E-state index in [2.05, 4.69) is 10.0 Å². The summed E-state index contributed by atoms with van der Waals surface area (Å²) in [6.07, 6.45) is 2.23. The van der Waals surface area contributed by atoms with Crippen LogP contribution in [-0.4, -0.2) is 14.3 Å². The van der Waals surface area contributed by atoms with E-state index in [1.54, 1.807) is 48.5 Å². The molecule has 0 unspecified atom stereocenters. The molecule has 0 heterocycles. The molecule has 0 atom stereocenters. The minimum absolute atomic E-state index is 0.0737. The number of anilines is 2. The van der Waals surface area contributed by atoms with E-state index in [9.17, 15) is 13.2 Å². The first-order valence-corrected chi connectivity index (χ1v) is 9.38. The summed E-state index contributed by atoms with van der Waals surface area (Å²) in [7, 11) is -3.65. The molecule has 0 fully saturated rings. The van der Waals surface area contributed by atoms with Gasteiger partial charge in [-0.1, -0.05) is 37.1 Å². The van der Waals surface area contributed by atoms with E-state index in [4.69, 9.17) is 0 Å². The first kappa shape index (κ1) is 18.0. The summed E-state index contributed by atoms with van der Waals surface area (Å²) >= 11 is 0. The van der Waals surface area contributed by atoms with E-state index in [0.717, 1.165) is 18.4 Å². The molecule has 0 aromatic heterocycles.